The summed E-state index contributed by atoms with van der Waals surface area (Å²) in [7, 11) is 1.83. The first kappa shape index (κ1) is 14.9. The van der Waals surface area contributed by atoms with E-state index < -0.39 is 5.54 Å². The molecule has 1 fully saturated rings. The maximum atomic E-state index is 11.7. The fourth-order valence-electron chi connectivity index (χ4n) is 3.32. The highest BCUT2D eigenvalue weighted by atomic mass is 16.1. The predicted octanol–water partition coefficient (Wildman–Crippen LogP) is 1.82. The Morgan fingerprint density at radius 2 is 2.30 bits per heavy atom. The molecule has 0 aromatic heterocycles. The Balaban J connectivity index is 2.20. The lowest BCUT2D eigenvalue weighted by Crippen LogP contribution is -2.53. The lowest BCUT2D eigenvalue weighted by Gasteiger charge is -2.32. The first-order valence-electron chi connectivity index (χ1n) is 7.34. The van der Waals surface area contributed by atoms with E-state index in [-0.39, 0.29) is 5.91 Å². The van der Waals surface area contributed by atoms with Gasteiger partial charge in [-0.25, -0.2) is 0 Å². The molecule has 1 amide bonds. The number of anilines is 1. The molecular formula is C16H25N3O. The summed E-state index contributed by atoms with van der Waals surface area (Å²) in [6.45, 7) is 5.20. The smallest absolute Gasteiger partial charge is 0.237 e. The van der Waals surface area contributed by atoms with Gasteiger partial charge in [-0.15, -0.1) is 0 Å². The molecule has 1 aromatic carbocycles. The highest BCUT2D eigenvalue weighted by Gasteiger charge is 2.44. The van der Waals surface area contributed by atoms with Crippen LogP contribution in [0.15, 0.2) is 24.3 Å². The summed E-state index contributed by atoms with van der Waals surface area (Å²) >= 11 is 0. The van der Waals surface area contributed by atoms with Crippen LogP contribution in [0, 0.1) is 6.92 Å². The molecule has 20 heavy (non-hydrogen) atoms. The zero-order chi connectivity index (χ0) is 14.8. The monoisotopic (exact) mass is 275 g/mol. The number of hydrogen-bond acceptors (Lipinski definition) is 3. The molecule has 2 unspecified atom stereocenters. The Hall–Kier alpha value is -1.55. The molecule has 0 spiro atoms. The third-order valence-corrected chi connectivity index (χ3v) is 4.55. The Morgan fingerprint density at radius 1 is 1.55 bits per heavy atom. The van der Waals surface area contributed by atoms with Gasteiger partial charge in [0.15, 0.2) is 0 Å². The van der Waals surface area contributed by atoms with Crippen molar-refractivity contribution in [3.05, 3.63) is 29.8 Å². The molecule has 110 valence electrons. The number of nitrogens with zero attached hydrogens (tertiary/aromatic N) is 1. The van der Waals surface area contributed by atoms with Crippen molar-refractivity contribution in [1.29, 1.82) is 0 Å². The van der Waals surface area contributed by atoms with Gasteiger partial charge in [-0.1, -0.05) is 12.1 Å². The van der Waals surface area contributed by atoms with Crippen LogP contribution in [-0.4, -0.2) is 31.1 Å². The number of benzene rings is 1. The average molecular weight is 275 g/mol. The van der Waals surface area contributed by atoms with Crippen LogP contribution in [-0.2, 0) is 4.79 Å². The third-order valence-electron chi connectivity index (χ3n) is 4.55. The molecule has 4 nitrogen and oxygen atoms in total. The highest BCUT2D eigenvalue weighted by Crippen LogP contribution is 2.35. The molecule has 4 heteroatoms. The van der Waals surface area contributed by atoms with E-state index in [1.165, 1.54) is 11.3 Å². The van der Waals surface area contributed by atoms with Crippen molar-refractivity contribution in [2.24, 2.45) is 5.73 Å². The second-order valence-corrected chi connectivity index (χ2v) is 5.72. The van der Waals surface area contributed by atoms with Crippen LogP contribution in [0.4, 0.5) is 5.69 Å². The van der Waals surface area contributed by atoms with Crippen LogP contribution >= 0.6 is 0 Å². The van der Waals surface area contributed by atoms with E-state index in [9.17, 15) is 4.79 Å². The molecule has 2 atom stereocenters. The van der Waals surface area contributed by atoms with Gasteiger partial charge in [-0.3, -0.25) is 4.79 Å². The molecule has 0 heterocycles. The van der Waals surface area contributed by atoms with E-state index >= 15 is 0 Å². The normalized spacial score (nSPS) is 25.6. The van der Waals surface area contributed by atoms with Crippen molar-refractivity contribution in [3.63, 3.8) is 0 Å². The fraction of sp³-hybridized carbons (Fsp3) is 0.562. The van der Waals surface area contributed by atoms with E-state index in [2.05, 4.69) is 48.3 Å². The van der Waals surface area contributed by atoms with Crippen LogP contribution in [0.2, 0.25) is 0 Å². The minimum Gasteiger partial charge on any atom is -0.369 e. The molecule has 1 aliphatic carbocycles. The quantitative estimate of drug-likeness (QED) is 0.862. The van der Waals surface area contributed by atoms with Gasteiger partial charge < -0.3 is 16.0 Å². The number of carbonyl (C=O) groups is 1. The van der Waals surface area contributed by atoms with Crippen molar-refractivity contribution in [3.8, 4) is 0 Å². The van der Waals surface area contributed by atoms with Crippen LogP contribution in [0.3, 0.4) is 0 Å². The summed E-state index contributed by atoms with van der Waals surface area (Å²) in [5, 5.41) is 3.15. The van der Waals surface area contributed by atoms with Gasteiger partial charge in [-0.2, -0.15) is 0 Å². The van der Waals surface area contributed by atoms with E-state index in [1.807, 2.05) is 7.05 Å². The number of likely N-dealkylation sites (N-methyl/N-ethyl adjacent to an activating group) is 1. The third kappa shape index (κ3) is 2.66. The van der Waals surface area contributed by atoms with Gasteiger partial charge >= 0.3 is 0 Å². The van der Waals surface area contributed by atoms with Gasteiger partial charge in [0, 0.05) is 18.3 Å². The minimum absolute atomic E-state index is 0.234. The van der Waals surface area contributed by atoms with Crippen molar-refractivity contribution in [2.45, 2.75) is 44.7 Å². The maximum Gasteiger partial charge on any atom is 0.237 e. The Bertz CT molecular complexity index is 488. The number of hydrogen-bond donors (Lipinski definition) is 2. The number of primary amides is 1. The summed E-state index contributed by atoms with van der Waals surface area (Å²) < 4.78 is 0. The zero-order valence-corrected chi connectivity index (χ0v) is 12.6. The van der Waals surface area contributed by atoms with Crippen molar-refractivity contribution in [1.82, 2.24) is 5.32 Å². The minimum atomic E-state index is -0.540. The molecule has 3 N–H and O–H groups in total. The molecule has 0 bridgehead atoms. The standard InChI is InChI=1S/C16H25N3O/c1-4-19(13-7-5-6-12(2)10-13)14-8-9-16(11-14,18-3)15(17)20/h5-7,10,14,18H,4,8-9,11H2,1-3H3,(H2,17,20). The number of aryl methyl sites for hydroxylation is 1. The zero-order valence-electron chi connectivity index (χ0n) is 12.6. The average Bonchev–Trinajstić information content (AvgIpc) is 2.85. The van der Waals surface area contributed by atoms with Crippen LogP contribution in [0.5, 0.6) is 0 Å². The van der Waals surface area contributed by atoms with Crippen molar-refractivity contribution >= 4 is 11.6 Å². The predicted molar refractivity (Wildman–Crippen MR) is 82.8 cm³/mol. The second kappa shape index (κ2) is 5.83. The van der Waals surface area contributed by atoms with E-state index in [0.717, 1.165) is 25.8 Å². The largest absolute Gasteiger partial charge is 0.369 e. The number of nitrogens with one attached hydrogen (secondary N) is 1. The van der Waals surface area contributed by atoms with Crippen LogP contribution < -0.4 is 16.0 Å². The first-order valence-corrected chi connectivity index (χ1v) is 7.34. The maximum absolute atomic E-state index is 11.7. The summed E-state index contributed by atoms with van der Waals surface area (Å²) in [5.74, 6) is -0.234. The van der Waals surface area contributed by atoms with Gasteiger partial charge in [0.1, 0.15) is 0 Å². The second-order valence-electron chi connectivity index (χ2n) is 5.72. The molecule has 2 rings (SSSR count). The highest BCUT2D eigenvalue weighted by molar-refractivity contribution is 5.85. The van der Waals surface area contributed by atoms with Gasteiger partial charge in [0.05, 0.1) is 5.54 Å². The number of carbonyl (C=O) groups excluding carboxylic acids is 1. The molecule has 1 aliphatic rings. The Morgan fingerprint density at radius 3 is 2.80 bits per heavy atom. The molecule has 1 aromatic rings. The van der Waals surface area contributed by atoms with Gasteiger partial charge in [0.25, 0.3) is 0 Å². The molecular weight excluding hydrogens is 250 g/mol. The fourth-order valence-corrected chi connectivity index (χ4v) is 3.32. The summed E-state index contributed by atoms with van der Waals surface area (Å²) in [4.78, 5) is 14.1. The molecule has 0 saturated heterocycles. The lowest BCUT2D eigenvalue weighted by atomic mass is 9.96. The summed E-state index contributed by atoms with van der Waals surface area (Å²) in [6, 6.07) is 8.89. The summed E-state index contributed by atoms with van der Waals surface area (Å²) in [5.41, 5.74) is 7.54. The van der Waals surface area contributed by atoms with Crippen molar-refractivity contribution < 1.29 is 4.79 Å². The van der Waals surface area contributed by atoms with Crippen LogP contribution in [0.1, 0.15) is 31.7 Å². The Labute approximate surface area is 121 Å². The van der Waals surface area contributed by atoms with Crippen molar-refractivity contribution in [2.75, 3.05) is 18.5 Å². The topological polar surface area (TPSA) is 58.4 Å². The number of nitrogens with two attached hydrogens (primary N) is 1. The molecule has 0 radical (unpaired) electrons. The van der Waals surface area contributed by atoms with Gasteiger partial charge in [0.2, 0.25) is 5.91 Å². The number of rotatable bonds is 5. The number of amides is 1. The van der Waals surface area contributed by atoms with E-state index in [0.29, 0.717) is 6.04 Å². The summed E-state index contributed by atoms with van der Waals surface area (Å²) in [6.07, 6.45) is 2.58. The SMILES string of the molecule is CCN(c1cccc(C)c1)C1CCC(NC)(C(N)=O)C1. The van der Waals surface area contributed by atoms with E-state index in [1.54, 1.807) is 0 Å². The molecule has 0 aliphatic heterocycles. The lowest BCUT2D eigenvalue weighted by molar-refractivity contribution is -0.124. The van der Waals surface area contributed by atoms with Crippen LogP contribution in [0.25, 0.3) is 0 Å². The molecule has 1 saturated carbocycles. The Kier molecular flexibility index (Phi) is 4.33. The van der Waals surface area contributed by atoms with Gasteiger partial charge in [-0.05, 0) is 57.9 Å². The van der Waals surface area contributed by atoms with E-state index in [4.69, 9.17) is 5.73 Å². The first-order chi connectivity index (χ1) is 9.52.